The molecule has 3 aromatic heterocycles. The molecular formula is C21H16ClN7O. The first-order valence-electron chi connectivity index (χ1n) is 8.98. The van der Waals surface area contributed by atoms with Crippen molar-refractivity contribution in [2.24, 2.45) is 0 Å². The van der Waals surface area contributed by atoms with Crippen LogP contribution in [0.15, 0.2) is 67.5 Å². The number of benzene rings is 1. The van der Waals surface area contributed by atoms with Crippen molar-refractivity contribution in [2.45, 2.75) is 6.92 Å². The van der Waals surface area contributed by atoms with Crippen molar-refractivity contribution in [1.82, 2.24) is 24.9 Å². The number of rotatable bonds is 5. The lowest BCUT2D eigenvalue weighted by molar-refractivity contribution is 0.102. The molecule has 0 radical (unpaired) electrons. The van der Waals surface area contributed by atoms with Crippen molar-refractivity contribution in [3.8, 4) is 11.3 Å². The number of nitrogens with one attached hydrogen (secondary N) is 2. The Bertz CT molecular complexity index is 1180. The number of carbonyl (C=O) groups is 1. The number of anilines is 3. The zero-order chi connectivity index (χ0) is 20.9. The van der Waals surface area contributed by atoms with Gasteiger partial charge >= 0.3 is 0 Å². The van der Waals surface area contributed by atoms with E-state index >= 15 is 0 Å². The number of aryl methyl sites for hydroxylation is 1. The van der Waals surface area contributed by atoms with Crippen molar-refractivity contribution in [2.75, 3.05) is 10.6 Å². The minimum atomic E-state index is -0.297. The molecule has 0 fully saturated rings. The summed E-state index contributed by atoms with van der Waals surface area (Å²) in [6.07, 6.45) is 9.49. The Balaban J connectivity index is 1.53. The van der Waals surface area contributed by atoms with Gasteiger partial charge in [-0.25, -0.2) is 15.0 Å². The summed E-state index contributed by atoms with van der Waals surface area (Å²) < 4.78 is 0. The number of halogens is 1. The van der Waals surface area contributed by atoms with E-state index in [0.29, 0.717) is 33.6 Å². The molecule has 1 amide bonds. The molecule has 148 valence electrons. The molecule has 4 aromatic rings. The first-order chi connectivity index (χ1) is 14.6. The molecule has 0 saturated carbocycles. The van der Waals surface area contributed by atoms with Crippen LogP contribution in [0, 0.1) is 6.92 Å². The first-order valence-corrected chi connectivity index (χ1v) is 9.36. The van der Waals surface area contributed by atoms with Crippen LogP contribution in [-0.2, 0) is 0 Å². The molecule has 0 saturated heterocycles. The van der Waals surface area contributed by atoms with Gasteiger partial charge in [-0.05, 0) is 42.8 Å². The van der Waals surface area contributed by atoms with Gasteiger partial charge in [-0.15, -0.1) is 0 Å². The minimum absolute atomic E-state index is 0.297. The number of aromatic nitrogens is 5. The van der Waals surface area contributed by atoms with Gasteiger partial charge in [0, 0.05) is 36.0 Å². The third-order valence-electron chi connectivity index (χ3n) is 4.24. The summed E-state index contributed by atoms with van der Waals surface area (Å²) in [5.41, 5.74) is 3.31. The van der Waals surface area contributed by atoms with Crippen molar-refractivity contribution >= 4 is 35.0 Å². The predicted octanol–water partition coefficient (Wildman–Crippen LogP) is 4.29. The van der Waals surface area contributed by atoms with Crippen molar-refractivity contribution in [1.29, 1.82) is 0 Å². The molecule has 0 aliphatic carbocycles. The summed E-state index contributed by atoms with van der Waals surface area (Å²) in [5.74, 6) is 0.505. The Labute approximate surface area is 177 Å². The van der Waals surface area contributed by atoms with E-state index in [1.54, 1.807) is 43.0 Å². The molecule has 0 bridgehead atoms. The van der Waals surface area contributed by atoms with E-state index in [1.807, 2.05) is 19.1 Å². The van der Waals surface area contributed by atoms with Gasteiger partial charge < -0.3 is 10.6 Å². The monoisotopic (exact) mass is 417 g/mol. The highest BCUT2D eigenvalue weighted by atomic mass is 35.5. The number of hydrogen-bond acceptors (Lipinski definition) is 7. The second-order valence-corrected chi connectivity index (χ2v) is 6.73. The second-order valence-electron chi connectivity index (χ2n) is 6.32. The third-order valence-corrected chi connectivity index (χ3v) is 4.57. The predicted molar refractivity (Wildman–Crippen MR) is 115 cm³/mol. The number of nitrogens with zero attached hydrogens (tertiary/aromatic N) is 5. The molecule has 2 N–H and O–H groups in total. The van der Waals surface area contributed by atoms with Crippen LogP contribution in [-0.4, -0.2) is 30.8 Å². The SMILES string of the molecule is Cc1ccncc1C(=O)Nc1cnc(-c2cc(Nc3ncccn3)ccc2Cl)cn1. The number of pyridine rings is 1. The van der Waals surface area contributed by atoms with Gasteiger partial charge in [0.1, 0.15) is 0 Å². The molecule has 9 heteroatoms. The fourth-order valence-electron chi connectivity index (χ4n) is 2.71. The highest BCUT2D eigenvalue weighted by Gasteiger charge is 2.12. The summed E-state index contributed by atoms with van der Waals surface area (Å²) in [6, 6.07) is 8.92. The Hall–Kier alpha value is -3.91. The van der Waals surface area contributed by atoms with Crippen LogP contribution < -0.4 is 10.6 Å². The maximum absolute atomic E-state index is 12.4. The third kappa shape index (κ3) is 4.39. The fourth-order valence-corrected chi connectivity index (χ4v) is 2.92. The average Bonchev–Trinajstić information content (AvgIpc) is 2.77. The highest BCUT2D eigenvalue weighted by Crippen LogP contribution is 2.30. The molecule has 0 unspecified atom stereocenters. The Morgan fingerprint density at radius 1 is 0.967 bits per heavy atom. The average molecular weight is 418 g/mol. The molecule has 30 heavy (non-hydrogen) atoms. The van der Waals surface area contributed by atoms with Crippen LogP contribution in [0.3, 0.4) is 0 Å². The van der Waals surface area contributed by atoms with Gasteiger partial charge in [0.2, 0.25) is 5.95 Å². The topological polar surface area (TPSA) is 106 Å². The summed E-state index contributed by atoms with van der Waals surface area (Å²) in [7, 11) is 0. The summed E-state index contributed by atoms with van der Waals surface area (Å²) >= 11 is 6.35. The lowest BCUT2D eigenvalue weighted by Gasteiger charge is -2.10. The highest BCUT2D eigenvalue weighted by molar-refractivity contribution is 6.33. The van der Waals surface area contributed by atoms with Gasteiger partial charge in [-0.3, -0.25) is 14.8 Å². The first kappa shape index (κ1) is 19.4. The van der Waals surface area contributed by atoms with Crippen molar-refractivity contribution in [3.63, 3.8) is 0 Å². The smallest absolute Gasteiger partial charge is 0.258 e. The number of carbonyl (C=O) groups excluding carboxylic acids is 1. The summed E-state index contributed by atoms with van der Waals surface area (Å²) in [5, 5.41) is 6.35. The van der Waals surface area contributed by atoms with Crippen LogP contribution in [0.25, 0.3) is 11.3 Å². The largest absolute Gasteiger partial charge is 0.324 e. The molecular weight excluding hydrogens is 402 g/mol. The van der Waals surface area contributed by atoms with Gasteiger partial charge in [0.25, 0.3) is 5.91 Å². The van der Waals surface area contributed by atoms with E-state index in [1.165, 1.54) is 12.4 Å². The number of amides is 1. The molecule has 3 heterocycles. The Morgan fingerprint density at radius 3 is 2.53 bits per heavy atom. The molecule has 0 spiro atoms. The standard InChI is InChI=1S/C21H16ClN7O/c1-13-5-8-23-10-16(13)20(30)29-19-12-26-18(11-27-19)15-9-14(3-4-17(15)22)28-21-24-6-2-7-25-21/h2-12H,1H3,(H,24,25,28)(H,27,29,30). The molecule has 0 aliphatic rings. The molecule has 0 atom stereocenters. The number of hydrogen-bond donors (Lipinski definition) is 2. The van der Waals surface area contributed by atoms with E-state index in [0.717, 1.165) is 11.3 Å². The van der Waals surface area contributed by atoms with E-state index in [4.69, 9.17) is 11.6 Å². The van der Waals surface area contributed by atoms with Crippen molar-refractivity contribution in [3.05, 3.63) is 83.7 Å². The maximum atomic E-state index is 12.4. The molecule has 0 aliphatic heterocycles. The lowest BCUT2D eigenvalue weighted by Crippen LogP contribution is -2.14. The van der Waals surface area contributed by atoms with Crippen LogP contribution >= 0.6 is 11.6 Å². The van der Waals surface area contributed by atoms with Crippen LogP contribution in [0.4, 0.5) is 17.5 Å². The summed E-state index contributed by atoms with van der Waals surface area (Å²) in [4.78, 5) is 33.3. The van der Waals surface area contributed by atoms with E-state index in [2.05, 4.69) is 35.6 Å². The van der Waals surface area contributed by atoms with Crippen LogP contribution in [0.5, 0.6) is 0 Å². The molecule has 8 nitrogen and oxygen atoms in total. The Kier molecular flexibility index (Phi) is 5.58. The van der Waals surface area contributed by atoms with Crippen LogP contribution in [0.2, 0.25) is 5.02 Å². The van der Waals surface area contributed by atoms with E-state index in [-0.39, 0.29) is 5.91 Å². The van der Waals surface area contributed by atoms with Gasteiger partial charge in [-0.1, -0.05) is 11.6 Å². The molecule has 1 aromatic carbocycles. The normalized spacial score (nSPS) is 10.5. The van der Waals surface area contributed by atoms with Gasteiger partial charge in [-0.2, -0.15) is 0 Å². The van der Waals surface area contributed by atoms with Gasteiger partial charge in [0.15, 0.2) is 5.82 Å². The Morgan fingerprint density at radius 2 is 1.80 bits per heavy atom. The summed E-state index contributed by atoms with van der Waals surface area (Å²) in [6.45, 7) is 1.84. The zero-order valence-electron chi connectivity index (χ0n) is 15.9. The molecule has 4 rings (SSSR count). The van der Waals surface area contributed by atoms with Crippen molar-refractivity contribution < 1.29 is 4.79 Å². The second kappa shape index (κ2) is 8.62. The van der Waals surface area contributed by atoms with E-state index in [9.17, 15) is 4.79 Å². The fraction of sp³-hybridized carbons (Fsp3) is 0.0476. The maximum Gasteiger partial charge on any atom is 0.258 e. The van der Waals surface area contributed by atoms with Gasteiger partial charge in [0.05, 0.1) is 28.7 Å². The van der Waals surface area contributed by atoms with Crippen LogP contribution in [0.1, 0.15) is 15.9 Å². The zero-order valence-corrected chi connectivity index (χ0v) is 16.6. The lowest BCUT2D eigenvalue weighted by atomic mass is 10.1. The minimum Gasteiger partial charge on any atom is -0.324 e. The quantitative estimate of drug-likeness (QED) is 0.499. The van der Waals surface area contributed by atoms with E-state index < -0.39 is 0 Å².